The molecular weight excluding hydrogens is 240 g/mol. The van der Waals surface area contributed by atoms with Gasteiger partial charge in [0.05, 0.1) is 12.0 Å². The minimum atomic E-state index is -0.0969. The molecule has 4 fully saturated rings. The molecular formula is C16H26O3. The normalized spacial score (nSPS) is 39.5. The van der Waals surface area contributed by atoms with Gasteiger partial charge in [0, 0.05) is 19.6 Å². The second-order valence-electron chi connectivity index (χ2n) is 6.88. The first kappa shape index (κ1) is 13.4. The third-order valence-electron chi connectivity index (χ3n) is 5.34. The highest BCUT2D eigenvalue weighted by molar-refractivity contribution is 5.77. The van der Waals surface area contributed by atoms with Gasteiger partial charge in [-0.3, -0.25) is 4.79 Å². The Kier molecular flexibility index (Phi) is 3.84. The third-order valence-corrected chi connectivity index (χ3v) is 5.34. The van der Waals surface area contributed by atoms with Crippen LogP contribution in [-0.2, 0) is 14.3 Å². The van der Waals surface area contributed by atoms with Crippen molar-refractivity contribution in [1.82, 2.24) is 0 Å². The summed E-state index contributed by atoms with van der Waals surface area (Å²) < 4.78 is 10.8. The van der Waals surface area contributed by atoms with Crippen molar-refractivity contribution >= 4 is 5.97 Å². The van der Waals surface area contributed by atoms with Crippen LogP contribution in [0.5, 0.6) is 0 Å². The number of carbonyl (C=O) groups is 1. The smallest absolute Gasteiger partial charge is 0.312 e. The molecule has 0 radical (unpaired) electrons. The van der Waals surface area contributed by atoms with Crippen LogP contribution in [0.25, 0.3) is 0 Å². The molecule has 0 spiro atoms. The number of carbonyl (C=O) groups excluding carboxylic acids is 1. The van der Waals surface area contributed by atoms with Gasteiger partial charge >= 0.3 is 5.97 Å². The maximum absolute atomic E-state index is 12.5. The maximum atomic E-state index is 12.5. The summed E-state index contributed by atoms with van der Waals surface area (Å²) in [5, 5.41) is 0. The van der Waals surface area contributed by atoms with Crippen LogP contribution in [0, 0.1) is 23.2 Å². The summed E-state index contributed by atoms with van der Waals surface area (Å²) in [6, 6.07) is 0. The van der Waals surface area contributed by atoms with Crippen LogP contribution in [0.15, 0.2) is 0 Å². The zero-order chi connectivity index (χ0) is 13.3. The van der Waals surface area contributed by atoms with Crippen molar-refractivity contribution < 1.29 is 14.3 Å². The predicted molar refractivity (Wildman–Crippen MR) is 72.7 cm³/mol. The highest BCUT2D eigenvalue weighted by Crippen LogP contribution is 2.60. The summed E-state index contributed by atoms with van der Waals surface area (Å²) in [4.78, 5) is 12.5. The van der Waals surface area contributed by atoms with Gasteiger partial charge in [0.15, 0.2) is 0 Å². The molecule has 4 saturated carbocycles. The summed E-state index contributed by atoms with van der Waals surface area (Å²) in [7, 11) is 0. The van der Waals surface area contributed by atoms with E-state index in [1.165, 1.54) is 19.3 Å². The van der Waals surface area contributed by atoms with Crippen molar-refractivity contribution in [2.45, 2.75) is 51.9 Å². The Labute approximate surface area is 116 Å². The van der Waals surface area contributed by atoms with Crippen molar-refractivity contribution in [2.24, 2.45) is 23.2 Å². The van der Waals surface area contributed by atoms with Gasteiger partial charge < -0.3 is 9.47 Å². The number of esters is 1. The van der Waals surface area contributed by atoms with Gasteiger partial charge in [-0.2, -0.15) is 0 Å². The molecule has 0 atom stereocenters. The minimum absolute atomic E-state index is 0.0969. The van der Waals surface area contributed by atoms with E-state index in [1.54, 1.807) is 0 Å². The van der Waals surface area contributed by atoms with E-state index in [0.29, 0.717) is 13.2 Å². The average molecular weight is 266 g/mol. The van der Waals surface area contributed by atoms with E-state index in [4.69, 9.17) is 9.47 Å². The van der Waals surface area contributed by atoms with Gasteiger partial charge in [0.2, 0.25) is 0 Å². The second kappa shape index (κ2) is 5.43. The molecule has 0 aromatic rings. The summed E-state index contributed by atoms with van der Waals surface area (Å²) in [6.07, 6.45) is 8.24. The molecule has 3 heteroatoms. The monoisotopic (exact) mass is 266 g/mol. The van der Waals surface area contributed by atoms with Gasteiger partial charge in [-0.15, -0.1) is 0 Å². The van der Waals surface area contributed by atoms with Gasteiger partial charge in [0.25, 0.3) is 0 Å². The van der Waals surface area contributed by atoms with E-state index in [0.717, 1.165) is 50.0 Å². The largest absolute Gasteiger partial charge is 0.465 e. The molecule has 0 aromatic carbocycles. The highest BCUT2D eigenvalue weighted by atomic mass is 16.5. The van der Waals surface area contributed by atoms with E-state index in [9.17, 15) is 4.79 Å². The van der Waals surface area contributed by atoms with E-state index < -0.39 is 0 Å². The molecule has 0 amide bonds. The quantitative estimate of drug-likeness (QED) is 0.547. The Morgan fingerprint density at radius 1 is 1.05 bits per heavy atom. The molecule has 19 heavy (non-hydrogen) atoms. The molecule has 3 nitrogen and oxygen atoms in total. The Morgan fingerprint density at radius 3 is 2.16 bits per heavy atom. The van der Waals surface area contributed by atoms with Crippen molar-refractivity contribution in [2.75, 3.05) is 19.8 Å². The first-order valence-corrected chi connectivity index (χ1v) is 7.97. The van der Waals surface area contributed by atoms with Crippen LogP contribution >= 0.6 is 0 Å². The molecule has 0 unspecified atom stereocenters. The molecule has 4 aliphatic rings. The summed E-state index contributed by atoms with van der Waals surface area (Å²) in [5.74, 6) is 2.52. The molecule has 4 aliphatic carbocycles. The predicted octanol–water partition coefficient (Wildman–Crippen LogP) is 3.17. The van der Waals surface area contributed by atoms with Crippen molar-refractivity contribution in [3.05, 3.63) is 0 Å². The van der Waals surface area contributed by atoms with Gasteiger partial charge in [-0.25, -0.2) is 0 Å². The van der Waals surface area contributed by atoms with Crippen LogP contribution in [0.4, 0.5) is 0 Å². The summed E-state index contributed by atoms with van der Waals surface area (Å²) in [5.41, 5.74) is -0.0969. The molecule has 0 N–H and O–H groups in total. The number of hydrogen-bond donors (Lipinski definition) is 0. The molecule has 0 aliphatic heterocycles. The van der Waals surface area contributed by atoms with Gasteiger partial charge in [-0.05, 0) is 63.2 Å². The lowest BCUT2D eigenvalue weighted by Gasteiger charge is -2.55. The summed E-state index contributed by atoms with van der Waals surface area (Å²) in [6.45, 7) is 3.95. The number of hydrogen-bond acceptors (Lipinski definition) is 3. The van der Waals surface area contributed by atoms with Crippen molar-refractivity contribution in [1.29, 1.82) is 0 Å². The Balaban J connectivity index is 1.52. The highest BCUT2D eigenvalue weighted by Gasteiger charge is 2.55. The fourth-order valence-corrected chi connectivity index (χ4v) is 4.98. The number of rotatable bonds is 6. The van der Waals surface area contributed by atoms with Crippen LogP contribution in [0.2, 0.25) is 0 Å². The average Bonchev–Trinajstić information content (AvgIpc) is 2.36. The lowest BCUT2D eigenvalue weighted by Crippen LogP contribution is -2.50. The van der Waals surface area contributed by atoms with E-state index >= 15 is 0 Å². The summed E-state index contributed by atoms with van der Waals surface area (Å²) >= 11 is 0. The van der Waals surface area contributed by atoms with Crippen LogP contribution in [0.3, 0.4) is 0 Å². The fourth-order valence-electron chi connectivity index (χ4n) is 4.98. The first-order valence-electron chi connectivity index (χ1n) is 7.97. The SMILES string of the molecule is CCOCCCOC(=O)C12CC3CC(CC(C3)C1)C2. The zero-order valence-corrected chi connectivity index (χ0v) is 12.0. The Hall–Kier alpha value is -0.570. The van der Waals surface area contributed by atoms with Crippen LogP contribution in [-0.4, -0.2) is 25.8 Å². The van der Waals surface area contributed by atoms with Crippen LogP contribution in [0.1, 0.15) is 51.9 Å². The van der Waals surface area contributed by atoms with Crippen molar-refractivity contribution in [3.63, 3.8) is 0 Å². The molecule has 108 valence electrons. The minimum Gasteiger partial charge on any atom is -0.465 e. The maximum Gasteiger partial charge on any atom is 0.312 e. The molecule has 0 saturated heterocycles. The van der Waals surface area contributed by atoms with Crippen LogP contribution < -0.4 is 0 Å². The van der Waals surface area contributed by atoms with E-state index in [-0.39, 0.29) is 11.4 Å². The lowest BCUT2D eigenvalue weighted by atomic mass is 9.49. The zero-order valence-electron chi connectivity index (χ0n) is 12.0. The third kappa shape index (κ3) is 2.67. The second-order valence-corrected chi connectivity index (χ2v) is 6.88. The molecule has 0 aromatic heterocycles. The van der Waals surface area contributed by atoms with Gasteiger partial charge in [0.1, 0.15) is 0 Å². The van der Waals surface area contributed by atoms with Crippen molar-refractivity contribution in [3.8, 4) is 0 Å². The topological polar surface area (TPSA) is 35.5 Å². The van der Waals surface area contributed by atoms with E-state index in [1.807, 2.05) is 6.92 Å². The molecule has 0 heterocycles. The molecule has 4 rings (SSSR count). The van der Waals surface area contributed by atoms with E-state index in [2.05, 4.69) is 0 Å². The Bertz CT molecular complexity index is 302. The standard InChI is InChI=1S/C16H26O3/c1-2-18-4-3-5-19-15(17)16-9-12-6-13(10-16)8-14(7-12)11-16/h12-14H,2-11H2,1H3. The van der Waals surface area contributed by atoms with Gasteiger partial charge in [-0.1, -0.05) is 0 Å². The molecule has 4 bridgehead atoms. The first-order chi connectivity index (χ1) is 9.22. The Morgan fingerprint density at radius 2 is 1.63 bits per heavy atom. The fraction of sp³-hybridized carbons (Fsp3) is 0.938. The number of ether oxygens (including phenoxy) is 2. The lowest BCUT2D eigenvalue weighted by molar-refractivity contribution is -0.171.